The molecule has 6 nitrogen and oxygen atoms in total. The molecule has 0 saturated carbocycles. The Kier molecular flexibility index (Phi) is 5.43. The Morgan fingerprint density at radius 3 is 2.68 bits per heavy atom. The molecule has 0 N–H and O–H groups in total. The van der Waals surface area contributed by atoms with Crippen LogP contribution in [0.3, 0.4) is 0 Å². The number of thiophene rings is 1. The van der Waals surface area contributed by atoms with Crippen LogP contribution in [0.25, 0.3) is 21.3 Å². The third-order valence-electron chi connectivity index (χ3n) is 4.96. The minimum absolute atomic E-state index is 0.0186. The summed E-state index contributed by atoms with van der Waals surface area (Å²) in [6.45, 7) is 4.35. The van der Waals surface area contributed by atoms with Crippen LogP contribution in [0.4, 0.5) is 0 Å². The second-order valence-electron chi connectivity index (χ2n) is 6.97. The second kappa shape index (κ2) is 8.14. The summed E-state index contributed by atoms with van der Waals surface area (Å²) in [5.74, 6) is 0.798. The first-order chi connectivity index (χ1) is 13.7. The van der Waals surface area contributed by atoms with Crippen LogP contribution in [0.1, 0.15) is 26.2 Å². The van der Waals surface area contributed by atoms with Crippen molar-refractivity contribution in [2.45, 2.75) is 32.7 Å². The molecule has 3 aromatic rings. The SMILES string of the molecule is CCCOc1ccc(-c2csc3ncn(CC(=O)N4CCCC4)c(=O)c23)cc1. The van der Waals surface area contributed by atoms with E-state index in [0.717, 1.165) is 49.2 Å². The van der Waals surface area contributed by atoms with Crippen molar-refractivity contribution in [3.8, 4) is 16.9 Å². The highest BCUT2D eigenvalue weighted by Gasteiger charge is 2.20. The lowest BCUT2D eigenvalue weighted by atomic mass is 10.1. The predicted molar refractivity (Wildman–Crippen MR) is 111 cm³/mol. The highest BCUT2D eigenvalue weighted by atomic mass is 32.1. The van der Waals surface area contributed by atoms with E-state index < -0.39 is 0 Å². The van der Waals surface area contributed by atoms with E-state index in [1.165, 1.54) is 22.2 Å². The summed E-state index contributed by atoms with van der Waals surface area (Å²) in [5.41, 5.74) is 1.63. The van der Waals surface area contributed by atoms with Crippen molar-refractivity contribution in [3.63, 3.8) is 0 Å². The number of benzene rings is 1. The lowest BCUT2D eigenvalue weighted by molar-refractivity contribution is -0.130. The van der Waals surface area contributed by atoms with Gasteiger partial charge in [-0.1, -0.05) is 19.1 Å². The fraction of sp³-hybridized carbons (Fsp3) is 0.381. The largest absolute Gasteiger partial charge is 0.494 e. The van der Waals surface area contributed by atoms with Crippen LogP contribution in [0.2, 0.25) is 0 Å². The Balaban J connectivity index is 1.64. The number of aromatic nitrogens is 2. The van der Waals surface area contributed by atoms with E-state index in [4.69, 9.17) is 4.74 Å². The quantitative estimate of drug-likeness (QED) is 0.638. The normalized spacial score (nSPS) is 14.0. The first-order valence-electron chi connectivity index (χ1n) is 9.65. The van der Waals surface area contributed by atoms with Gasteiger partial charge in [0, 0.05) is 24.0 Å². The Labute approximate surface area is 167 Å². The van der Waals surface area contributed by atoms with Crippen molar-refractivity contribution in [2.24, 2.45) is 0 Å². The van der Waals surface area contributed by atoms with Crippen LogP contribution >= 0.6 is 11.3 Å². The molecule has 0 spiro atoms. The Morgan fingerprint density at radius 2 is 1.96 bits per heavy atom. The van der Waals surface area contributed by atoms with Crippen molar-refractivity contribution < 1.29 is 9.53 Å². The fourth-order valence-electron chi connectivity index (χ4n) is 3.46. The van der Waals surface area contributed by atoms with Gasteiger partial charge in [-0.3, -0.25) is 14.2 Å². The summed E-state index contributed by atoms with van der Waals surface area (Å²) < 4.78 is 7.06. The molecule has 1 aromatic carbocycles. The lowest BCUT2D eigenvalue weighted by Crippen LogP contribution is -2.34. The zero-order chi connectivity index (χ0) is 19.5. The predicted octanol–water partition coefficient (Wildman–Crippen LogP) is 3.54. The molecular formula is C21H23N3O3S. The molecule has 1 aliphatic heterocycles. The maximum absolute atomic E-state index is 13.1. The van der Waals surface area contributed by atoms with Crippen LogP contribution in [-0.2, 0) is 11.3 Å². The average Bonchev–Trinajstić information content (AvgIpc) is 3.39. The monoisotopic (exact) mass is 397 g/mol. The summed E-state index contributed by atoms with van der Waals surface area (Å²) in [5, 5.41) is 2.53. The third-order valence-corrected chi connectivity index (χ3v) is 5.85. The van der Waals surface area contributed by atoms with Crippen molar-refractivity contribution >= 4 is 27.5 Å². The van der Waals surface area contributed by atoms with Gasteiger partial charge in [-0.2, -0.15) is 0 Å². The van der Waals surface area contributed by atoms with Crippen LogP contribution in [0, 0.1) is 0 Å². The van der Waals surface area contributed by atoms with Crippen molar-refractivity contribution in [2.75, 3.05) is 19.7 Å². The average molecular weight is 398 g/mol. The van der Waals surface area contributed by atoms with Gasteiger partial charge in [0.15, 0.2) is 0 Å². The van der Waals surface area contributed by atoms with Gasteiger partial charge < -0.3 is 9.64 Å². The number of carbonyl (C=O) groups is 1. The summed E-state index contributed by atoms with van der Waals surface area (Å²) >= 11 is 1.44. The highest BCUT2D eigenvalue weighted by Crippen LogP contribution is 2.31. The molecule has 4 rings (SSSR count). The van der Waals surface area contributed by atoms with Gasteiger partial charge in [0.05, 0.1) is 18.3 Å². The van der Waals surface area contributed by atoms with Gasteiger partial charge in [-0.15, -0.1) is 11.3 Å². The van der Waals surface area contributed by atoms with Crippen molar-refractivity contribution in [1.82, 2.24) is 14.5 Å². The van der Waals surface area contributed by atoms with E-state index in [-0.39, 0.29) is 18.0 Å². The minimum Gasteiger partial charge on any atom is -0.494 e. The second-order valence-corrected chi connectivity index (χ2v) is 7.83. The number of rotatable bonds is 6. The van der Waals surface area contributed by atoms with Gasteiger partial charge in [-0.05, 0) is 37.0 Å². The lowest BCUT2D eigenvalue weighted by Gasteiger charge is -2.15. The summed E-state index contributed by atoms with van der Waals surface area (Å²) in [6.07, 6.45) is 4.51. The molecule has 28 heavy (non-hydrogen) atoms. The summed E-state index contributed by atoms with van der Waals surface area (Å²) in [4.78, 5) is 32.4. The maximum Gasteiger partial charge on any atom is 0.263 e. The molecule has 0 bridgehead atoms. The Hall–Kier alpha value is -2.67. The third kappa shape index (κ3) is 3.67. The molecule has 3 heterocycles. The number of hydrogen-bond donors (Lipinski definition) is 0. The zero-order valence-electron chi connectivity index (χ0n) is 15.9. The molecule has 2 aromatic heterocycles. The van der Waals surface area contributed by atoms with E-state index in [9.17, 15) is 9.59 Å². The summed E-state index contributed by atoms with van der Waals surface area (Å²) in [7, 11) is 0. The molecule has 0 aliphatic carbocycles. The van der Waals surface area contributed by atoms with E-state index >= 15 is 0 Å². The van der Waals surface area contributed by atoms with Crippen LogP contribution in [0.15, 0.2) is 40.8 Å². The van der Waals surface area contributed by atoms with Crippen LogP contribution < -0.4 is 10.3 Å². The van der Waals surface area contributed by atoms with Crippen LogP contribution in [-0.4, -0.2) is 40.1 Å². The van der Waals surface area contributed by atoms with E-state index in [0.29, 0.717) is 16.8 Å². The number of carbonyl (C=O) groups excluding carboxylic acids is 1. The van der Waals surface area contributed by atoms with Gasteiger partial charge >= 0.3 is 0 Å². The molecule has 0 atom stereocenters. The molecule has 0 radical (unpaired) electrons. The molecular weight excluding hydrogens is 374 g/mol. The highest BCUT2D eigenvalue weighted by molar-refractivity contribution is 7.17. The number of fused-ring (bicyclic) bond motifs is 1. The van der Waals surface area contributed by atoms with E-state index in [1.807, 2.05) is 34.5 Å². The first-order valence-corrected chi connectivity index (χ1v) is 10.5. The number of hydrogen-bond acceptors (Lipinski definition) is 5. The number of amides is 1. The smallest absolute Gasteiger partial charge is 0.263 e. The van der Waals surface area contributed by atoms with Crippen molar-refractivity contribution in [1.29, 1.82) is 0 Å². The minimum atomic E-state index is -0.167. The molecule has 1 amide bonds. The molecule has 146 valence electrons. The van der Waals surface area contributed by atoms with E-state index in [1.54, 1.807) is 0 Å². The van der Waals surface area contributed by atoms with Crippen LogP contribution in [0.5, 0.6) is 5.75 Å². The Morgan fingerprint density at radius 1 is 1.21 bits per heavy atom. The number of nitrogens with zero attached hydrogens (tertiary/aromatic N) is 3. The number of likely N-dealkylation sites (tertiary alicyclic amines) is 1. The Bertz CT molecular complexity index is 1030. The molecule has 1 aliphatic rings. The summed E-state index contributed by atoms with van der Waals surface area (Å²) in [6, 6.07) is 7.75. The topological polar surface area (TPSA) is 64.4 Å². The molecule has 0 unspecified atom stereocenters. The fourth-order valence-corrected chi connectivity index (χ4v) is 4.36. The van der Waals surface area contributed by atoms with Gasteiger partial charge in [0.2, 0.25) is 5.91 Å². The van der Waals surface area contributed by atoms with Gasteiger partial charge in [0.25, 0.3) is 5.56 Å². The van der Waals surface area contributed by atoms with Gasteiger partial charge in [-0.25, -0.2) is 4.98 Å². The first kappa shape index (κ1) is 18.7. The molecule has 7 heteroatoms. The van der Waals surface area contributed by atoms with Gasteiger partial charge in [0.1, 0.15) is 17.1 Å². The standard InChI is InChI=1S/C21H23N3O3S/c1-2-11-27-16-7-5-15(6-8-16)17-13-28-20-19(17)21(26)24(14-22-20)12-18(25)23-9-3-4-10-23/h5-8,13-14H,2-4,9-12H2,1H3. The van der Waals surface area contributed by atoms with Crippen molar-refractivity contribution in [3.05, 3.63) is 46.3 Å². The van der Waals surface area contributed by atoms with E-state index in [2.05, 4.69) is 11.9 Å². The molecule has 1 saturated heterocycles. The zero-order valence-corrected chi connectivity index (χ0v) is 16.7. The molecule has 1 fully saturated rings. The maximum atomic E-state index is 13.1. The number of ether oxygens (including phenoxy) is 1.